The van der Waals surface area contributed by atoms with Crippen molar-refractivity contribution in [1.29, 1.82) is 0 Å². The number of hydrogen-bond acceptors (Lipinski definition) is 3. The molecule has 1 radical (unpaired) electrons. The summed E-state index contributed by atoms with van der Waals surface area (Å²) in [7, 11) is -1.98. The molecule has 0 spiro atoms. The zero-order valence-corrected chi connectivity index (χ0v) is 18.9. The van der Waals surface area contributed by atoms with Gasteiger partial charge in [-0.2, -0.15) is 0 Å². The first-order chi connectivity index (χ1) is 10.8. The van der Waals surface area contributed by atoms with E-state index in [0.717, 1.165) is 40.2 Å². The summed E-state index contributed by atoms with van der Waals surface area (Å²) in [6, 6.07) is 4.21. The van der Waals surface area contributed by atoms with Gasteiger partial charge in [-0.05, 0) is 74.9 Å². The van der Waals surface area contributed by atoms with Crippen LogP contribution in [0.2, 0.25) is 0 Å². The minimum Gasteiger partial charge on any atom is -0.417 e. The molecular weight excluding hydrogens is 396 g/mol. The molecule has 2 aromatic carbocycles. The third-order valence-electron chi connectivity index (χ3n) is 4.91. The Kier molecular flexibility index (Phi) is 6.14. The van der Waals surface area contributed by atoms with E-state index in [1.165, 1.54) is 22.3 Å². The van der Waals surface area contributed by atoms with Crippen LogP contribution < -0.4 is 9.05 Å². The molecule has 125 valence electrons. The van der Waals surface area contributed by atoms with E-state index in [9.17, 15) is 4.89 Å². The molecule has 0 aromatic heterocycles. The Hall–Kier alpha value is -0.466. The minimum atomic E-state index is -1.98. The van der Waals surface area contributed by atoms with E-state index in [-0.39, 0.29) is 32.7 Å². The molecule has 1 aliphatic heterocycles. The van der Waals surface area contributed by atoms with Crippen molar-refractivity contribution in [2.75, 3.05) is 0 Å². The monoisotopic (exact) mass is 419 g/mol. The largest absolute Gasteiger partial charge is 0.460 e. The third-order valence-corrected chi connectivity index (χ3v) is 5.59. The smallest absolute Gasteiger partial charge is 0.417 e. The zero-order chi connectivity index (χ0) is 16.9. The van der Waals surface area contributed by atoms with E-state index in [2.05, 4.69) is 39.8 Å². The maximum atomic E-state index is 10.3. The molecule has 3 rings (SSSR count). The van der Waals surface area contributed by atoms with Gasteiger partial charge in [0.1, 0.15) is 11.5 Å². The summed E-state index contributed by atoms with van der Waals surface area (Å²) in [6.45, 7) is 12.5. The minimum absolute atomic E-state index is 0. The third kappa shape index (κ3) is 3.42. The van der Waals surface area contributed by atoms with Crippen molar-refractivity contribution in [2.45, 2.75) is 48.0 Å². The normalized spacial score (nSPS) is 13.6. The SMILES string of the molecule is Cc1cc(C)c2c(c1C)Cc1c(C)c(C)cc(C)c1OP(O)O2.[Y]. The molecule has 0 atom stereocenters. The van der Waals surface area contributed by atoms with Crippen LogP contribution in [0.1, 0.15) is 44.5 Å². The van der Waals surface area contributed by atoms with E-state index in [0.29, 0.717) is 0 Å². The molecule has 2 aromatic rings. The van der Waals surface area contributed by atoms with Gasteiger partial charge in [0.15, 0.2) is 0 Å². The fraction of sp³-hybridized carbons (Fsp3) is 0.368. The van der Waals surface area contributed by atoms with Gasteiger partial charge in [0.25, 0.3) is 0 Å². The molecular formula is C19H23O3PY. The van der Waals surface area contributed by atoms with Crippen LogP contribution in [-0.2, 0) is 39.1 Å². The molecule has 0 fully saturated rings. The predicted octanol–water partition coefficient (Wildman–Crippen LogP) is 5.12. The van der Waals surface area contributed by atoms with Crippen molar-refractivity contribution in [3.8, 4) is 11.5 Å². The van der Waals surface area contributed by atoms with E-state index in [1.54, 1.807) is 0 Å². The Morgan fingerprint density at radius 2 is 1.12 bits per heavy atom. The number of hydrogen-bond donors (Lipinski definition) is 1. The molecule has 5 heteroatoms. The predicted molar refractivity (Wildman–Crippen MR) is 94.5 cm³/mol. The van der Waals surface area contributed by atoms with Gasteiger partial charge in [-0.3, -0.25) is 0 Å². The molecule has 0 bridgehead atoms. The summed E-state index contributed by atoms with van der Waals surface area (Å²) >= 11 is 0. The van der Waals surface area contributed by atoms with Crippen LogP contribution in [0, 0.1) is 41.5 Å². The molecule has 24 heavy (non-hydrogen) atoms. The fourth-order valence-electron chi connectivity index (χ4n) is 3.32. The molecule has 1 heterocycles. The molecule has 0 saturated heterocycles. The molecule has 0 unspecified atom stereocenters. The van der Waals surface area contributed by atoms with Crippen LogP contribution in [0.15, 0.2) is 12.1 Å². The van der Waals surface area contributed by atoms with Gasteiger partial charge < -0.3 is 13.9 Å². The summed E-state index contributed by atoms with van der Waals surface area (Å²) in [5, 5.41) is 0. The molecule has 1 aliphatic rings. The van der Waals surface area contributed by atoms with Crippen molar-refractivity contribution in [1.82, 2.24) is 0 Å². The van der Waals surface area contributed by atoms with Gasteiger partial charge >= 0.3 is 8.60 Å². The standard InChI is InChI=1S/C19H23O3P.Y/c1-10-7-12(3)18-16(14(10)5)9-17-15(6)11(2)8-13(4)19(17)22-23(20)21-18;/h7-8,20H,9H2,1-6H3;. The maximum absolute atomic E-state index is 10.3. The second-order valence-corrected chi connectivity index (χ2v) is 7.32. The summed E-state index contributed by atoms with van der Waals surface area (Å²) < 4.78 is 11.6. The van der Waals surface area contributed by atoms with Gasteiger partial charge in [-0.1, -0.05) is 12.1 Å². The topological polar surface area (TPSA) is 38.7 Å². The van der Waals surface area contributed by atoms with E-state index >= 15 is 0 Å². The van der Waals surface area contributed by atoms with E-state index < -0.39 is 8.60 Å². The van der Waals surface area contributed by atoms with E-state index in [1.807, 2.05) is 13.8 Å². The quantitative estimate of drug-likeness (QED) is 0.603. The van der Waals surface area contributed by atoms with Crippen LogP contribution in [-0.4, -0.2) is 4.89 Å². The Morgan fingerprint density at radius 3 is 1.50 bits per heavy atom. The average Bonchev–Trinajstić information content (AvgIpc) is 2.46. The number of fused-ring (bicyclic) bond motifs is 2. The first-order valence-electron chi connectivity index (χ1n) is 7.84. The molecule has 1 N–H and O–H groups in total. The van der Waals surface area contributed by atoms with Crippen LogP contribution in [0.3, 0.4) is 0 Å². The Morgan fingerprint density at radius 1 is 0.750 bits per heavy atom. The van der Waals surface area contributed by atoms with Crippen LogP contribution in [0.25, 0.3) is 0 Å². The van der Waals surface area contributed by atoms with Crippen LogP contribution in [0.4, 0.5) is 0 Å². The van der Waals surface area contributed by atoms with Gasteiger partial charge in [0.2, 0.25) is 0 Å². The van der Waals surface area contributed by atoms with Crippen LogP contribution in [0.5, 0.6) is 11.5 Å². The van der Waals surface area contributed by atoms with Gasteiger partial charge in [0.05, 0.1) is 0 Å². The van der Waals surface area contributed by atoms with Crippen LogP contribution >= 0.6 is 8.60 Å². The second kappa shape index (κ2) is 7.42. The summed E-state index contributed by atoms with van der Waals surface area (Å²) in [6.07, 6.45) is 0.760. The second-order valence-electron chi connectivity index (χ2n) is 6.48. The van der Waals surface area contributed by atoms with Gasteiger partial charge in [-0.25, -0.2) is 0 Å². The Labute approximate surface area is 170 Å². The first kappa shape index (κ1) is 19.9. The molecule has 0 aliphatic carbocycles. The van der Waals surface area contributed by atoms with E-state index in [4.69, 9.17) is 9.05 Å². The zero-order valence-electron chi connectivity index (χ0n) is 15.2. The van der Waals surface area contributed by atoms with Crippen molar-refractivity contribution in [3.63, 3.8) is 0 Å². The maximum Gasteiger partial charge on any atom is 0.460 e. The van der Waals surface area contributed by atoms with Gasteiger partial charge in [0, 0.05) is 50.3 Å². The molecule has 3 nitrogen and oxygen atoms in total. The molecule has 0 amide bonds. The number of aryl methyl sites for hydroxylation is 4. The van der Waals surface area contributed by atoms with Crippen molar-refractivity contribution in [3.05, 3.63) is 56.6 Å². The average molecular weight is 419 g/mol. The number of benzene rings is 2. The van der Waals surface area contributed by atoms with Crippen molar-refractivity contribution in [2.24, 2.45) is 0 Å². The fourth-order valence-corrected chi connectivity index (χ4v) is 4.18. The number of rotatable bonds is 0. The molecule has 0 saturated carbocycles. The van der Waals surface area contributed by atoms with Crippen molar-refractivity contribution >= 4 is 8.60 Å². The Bertz CT molecular complexity index is 737. The Balaban J connectivity index is 0.00000208. The summed E-state index contributed by atoms with van der Waals surface area (Å²) in [5.74, 6) is 1.54. The summed E-state index contributed by atoms with van der Waals surface area (Å²) in [4.78, 5) is 10.3. The summed E-state index contributed by atoms with van der Waals surface area (Å²) in [5.41, 5.74) is 9.33. The first-order valence-corrected chi connectivity index (χ1v) is 8.97. The van der Waals surface area contributed by atoms with Gasteiger partial charge in [-0.15, -0.1) is 0 Å². The van der Waals surface area contributed by atoms with Crippen molar-refractivity contribution < 1.29 is 46.7 Å².